The van der Waals surface area contributed by atoms with Crippen LogP contribution in [0.2, 0.25) is 0 Å². The van der Waals surface area contributed by atoms with E-state index in [4.69, 9.17) is 9.72 Å². The Morgan fingerprint density at radius 1 is 1.47 bits per heavy atom. The number of nitrogens with zero attached hydrogens (tertiary/aromatic N) is 5. The van der Waals surface area contributed by atoms with E-state index in [-0.39, 0.29) is 25.1 Å². The van der Waals surface area contributed by atoms with E-state index in [1.165, 1.54) is 6.07 Å². The number of aromatic nitrogens is 4. The monoisotopic (exact) mass is 414 g/mol. The molecular weight excluding hydrogens is 391 g/mol. The largest absolute Gasteiger partial charge is 0.475 e. The predicted molar refractivity (Wildman–Crippen MR) is 107 cm³/mol. The number of hydrogen-bond acceptors (Lipinski definition) is 7. The minimum absolute atomic E-state index is 0.0597. The number of aliphatic hydroxyl groups excluding tert-OH is 1. The molecule has 0 unspecified atom stereocenters. The molecule has 0 aliphatic carbocycles. The molecule has 1 aliphatic rings. The highest BCUT2D eigenvalue weighted by molar-refractivity contribution is 5.54. The molecule has 0 radical (unpaired) electrons. The van der Waals surface area contributed by atoms with Crippen LogP contribution in [0.4, 0.5) is 10.2 Å². The Hall–Kier alpha value is -3.27. The van der Waals surface area contributed by atoms with Gasteiger partial charge in [0, 0.05) is 30.4 Å². The molecule has 2 atom stereocenters. The van der Waals surface area contributed by atoms with Crippen LogP contribution in [0, 0.1) is 12.7 Å². The van der Waals surface area contributed by atoms with Gasteiger partial charge in [0.25, 0.3) is 0 Å². The van der Waals surface area contributed by atoms with Gasteiger partial charge in [-0.15, -0.1) is 0 Å². The van der Waals surface area contributed by atoms with Gasteiger partial charge in [-0.05, 0) is 31.9 Å². The Kier molecular flexibility index (Phi) is 5.75. The van der Waals surface area contributed by atoms with Gasteiger partial charge in [-0.2, -0.15) is 5.10 Å². The quantitative estimate of drug-likeness (QED) is 0.537. The van der Waals surface area contributed by atoms with Crippen molar-refractivity contribution in [1.29, 1.82) is 0 Å². The second kappa shape index (κ2) is 8.62. The van der Waals surface area contributed by atoms with E-state index in [1.54, 1.807) is 10.7 Å². The fourth-order valence-electron chi connectivity index (χ4n) is 3.72. The molecule has 3 aromatic rings. The summed E-state index contributed by atoms with van der Waals surface area (Å²) in [5.74, 6) is 0.585. The zero-order valence-corrected chi connectivity index (χ0v) is 16.5. The molecule has 4 heterocycles. The van der Waals surface area contributed by atoms with Gasteiger partial charge in [-0.25, -0.2) is 18.9 Å². The van der Waals surface area contributed by atoms with Crippen molar-refractivity contribution in [3.63, 3.8) is 0 Å². The normalized spacial score (nSPS) is 17.3. The van der Waals surface area contributed by atoms with E-state index in [1.807, 2.05) is 19.2 Å². The van der Waals surface area contributed by atoms with Gasteiger partial charge in [0.1, 0.15) is 24.3 Å². The van der Waals surface area contributed by atoms with Crippen molar-refractivity contribution in [2.45, 2.75) is 31.9 Å². The maximum atomic E-state index is 14.1. The molecule has 9 nitrogen and oxygen atoms in total. The summed E-state index contributed by atoms with van der Waals surface area (Å²) >= 11 is 0. The molecule has 0 spiro atoms. The number of fused-ring (bicyclic) bond motifs is 1. The first-order valence-corrected chi connectivity index (χ1v) is 9.78. The van der Waals surface area contributed by atoms with Crippen molar-refractivity contribution in [2.24, 2.45) is 0 Å². The van der Waals surface area contributed by atoms with Crippen LogP contribution >= 0.6 is 0 Å². The molecule has 1 fully saturated rings. The molecule has 158 valence electrons. The van der Waals surface area contributed by atoms with Crippen LogP contribution in [-0.2, 0) is 4.79 Å². The molecule has 1 saturated heterocycles. The third kappa shape index (κ3) is 4.04. The number of hydrogen-bond donors (Lipinski definition) is 2. The SMILES string of the molecule is Cc1cnn2ccc(N3CCC[C@@H]3c3cc(F)cnc3OC[C@H](O)CNC=O)nc12. The number of aliphatic hydroxyl groups is 1. The highest BCUT2D eigenvalue weighted by Crippen LogP contribution is 2.39. The summed E-state index contributed by atoms with van der Waals surface area (Å²) in [6.45, 7) is 2.71. The highest BCUT2D eigenvalue weighted by atomic mass is 19.1. The summed E-state index contributed by atoms with van der Waals surface area (Å²) < 4.78 is 21.5. The molecule has 0 saturated carbocycles. The summed E-state index contributed by atoms with van der Waals surface area (Å²) in [4.78, 5) is 21.3. The smallest absolute Gasteiger partial charge is 0.218 e. The second-order valence-electron chi connectivity index (χ2n) is 7.27. The third-order valence-electron chi connectivity index (χ3n) is 5.13. The van der Waals surface area contributed by atoms with Gasteiger partial charge in [0.05, 0.1) is 18.4 Å². The fraction of sp³-hybridized carbons (Fsp3) is 0.400. The number of amides is 1. The maximum absolute atomic E-state index is 14.1. The third-order valence-corrected chi connectivity index (χ3v) is 5.13. The molecule has 2 N–H and O–H groups in total. The van der Waals surface area contributed by atoms with Gasteiger partial charge in [-0.1, -0.05) is 0 Å². The van der Waals surface area contributed by atoms with Crippen LogP contribution < -0.4 is 15.0 Å². The van der Waals surface area contributed by atoms with Crippen LogP contribution in [0.25, 0.3) is 5.65 Å². The van der Waals surface area contributed by atoms with Gasteiger partial charge < -0.3 is 20.1 Å². The Morgan fingerprint density at radius 3 is 3.17 bits per heavy atom. The Bertz CT molecular complexity index is 1040. The lowest BCUT2D eigenvalue weighted by Gasteiger charge is -2.27. The minimum atomic E-state index is -0.900. The van der Waals surface area contributed by atoms with E-state index < -0.39 is 11.9 Å². The fourth-order valence-corrected chi connectivity index (χ4v) is 3.72. The number of aryl methyl sites for hydroxylation is 1. The first-order chi connectivity index (χ1) is 14.6. The van der Waals surface area contributed by atoms with E-state index in [2.05, 4.69) is 20.3 Å². The lowest BCUT2D eigenvalue weighted by molar-refractivity contribution is -0.110. The lowest BCUT2D eigenvalue weighted by atomic mass is 10.1. The number of pyridine rings is 1. The topological polar surface area (TPSA) is 105 Å². The van der Waals surface area contributed by atoms with E-state index in [0.29, 0.717) is 12.0 Å². The number of nitrogens with one attached hydrogen (secondary N) is 1. The number of rotatable bonds is 8. The van der Waals surface area contributed by atoms with Gasteiger partial charge in [0.15, 0.2) is 5.65 Å². The molecule has 1 aliphatic heterocycles. The number of halogens is 1. The number of carbonyl (C=O) groups excluding carboxylic acids is 1. The average molecular weight is 414 g/mol. The summed E-state index contributed by atoms with van der Waals surface area (Å²) in [5, 5.41) is 16.6. The van der Waals surface area contributed by atoms with E-state index >= 15 is 0 Å². The van der Waals surface area contributed by atoms with E-state index in [9.17, 15) is 14.3 Å². The predicted octanol–water partition coefficient (Wildman–Crippen LogP) is 1.40. The minimum Gasteiger partial charge on any atom is -0.475 e. The Labute approximate surface area is 172 Å². The average Bonchev–Trinajstić information content (AvgIpc) is 3.38. The molecule has 10 heteroatoms. The molecule has 0 bridgehead atoms. The molecule has 0 aromatic carbocycles. The van der Waals surface area contributed by atoms with Crippen LogP contribution in [0.5, 0.6) is 5.88 Å². The van der Waals surface area contributed by atoms with Crippen molar-refractivity contribution >= 4 is 17.9 Å². The summed E-state index contributed by atoms with van der Waals surface area (Å²) in [6, 6.07) is 3.15. The zero-order valence-electron chi connectivity index (χ0n) is 16.5. The molecular formula is C20H23FN6O3. The Balaban J connectivity index is 1.60. The van der Waals surface area contributed by atoms with Crippen molar-refractivity contribution < 1.29 is 19.0 Å². The van der Waals surface area contributed by atoms with Crippen LogP contribution in [-0.4, -0.2) is 56.9 Å². The highest BCUT2D eigenvalue weighted by Gasteiger charge is 2.31. The van der Waals surface area contributed by atoms with Crippen molar-refractivity contribution in [3.05, 3.63) is 47.7 Å². The maximum Gasteiger partial charge on any atom is 0.218 e. The van der Waals surface area contributed by atoms with Crippen LogP contribution in [0.15, 0.2) is 30.7 Å². The van der Waals surface area contributed by atoms with Crippen LogP contribution in [0.1, 0.15) is 30.0 Å². The summed E-state index contributed by atoms with van der Waals surface area (Å²) in [5.41, 5.74) is 2.36. The van der Waals surface area contributed by atoms with Crippen molar-refractivity contribution in [2.75, 3.05) is 24.6 Å². The molecule has 30 heavy (non-hydrogen) atoms. The number of anilines is 1. The number of ether oxygens (including phenoxy) is 1. The van der Waals surface area contributed by atoms with Gasteiger partial charge in [-0.3, -0.25) is 4.79 Å². The Morgan fingerprint density at radius 2 is 2.33 bits per heavy atom. The molecule has 4 rings (SSSR count). The molecule has 3 aromatic heterocycles. The van der Waals surface area contributed by atoms with Crippen molar-refractivity contribution in [1.82, 2.24) is 24.9 Å². The second-order valence-corrected chi connectivity index (χ2v) is 7.27. The van der Waals surface area contributed by atoms with Gasteiger partial charge in [0.2, 0.25) is 12.3 Å². The summed E-state index contributed by atoms with van der Waals surface area (Å²) in [7, 11) is 0. The standard InChI is InChI=1S/C20H23FN6O3/c1-13-8-24-27-6-4-18(25-19(13)27)26-5-2-3-17(26)16-7-14(21)9-23-20(16)30-11-15(29)10-22-12-28/h4,6-9,12,15,17,29H,2-3,5,10-11H2,1H3,(H,22,28)/t15-,17-/m1/s1. The zero-order chi connectivity index (χ0) is 21.1. The number of carbonyl (C=O) groups is 1. The summed E-state index contributed by atoms with van der Waals surface area (Å²) in [6.07, 6.45) is 6.03. The molecule has 1 amide bonds. The first kappa shape index (κ1) is 20.0. The lowest BCUT2D eigenvalue weighted by Crippen LogP contribution is -2.31. The van der Waals surface area contributed by atoms with E-state index in [0.717, 1.165) is 42.6 Å². The van der Waals surface area contributed by atoms with Gasteiger partial charge >= 0.3 is 0 Å². The first-order valence-electron chi connectivity index (χ1n) is 9.78. The van der Waals surface area contributed by atoms with Crippen LogP contribution in [0.3, 0.4) is 0 Å². The van der Waals surface area contributed by atoms with Crippen molar-refractivity contribution in [3.8, 4) is 5.88 Å².